The first kappa shape index (κ1) is 13.5. The van der Waals surface area contributed by atoms with E-state index < -0.39 is 0 Å². The van der Waals surface area contributed by atoms with E-state index in [1.807, 2.05) is 16.3 Å². The standard InChI is InChI=1S/C13H17BrN2O2S/c14-12-7-10(9-19-12)13(17)16-2-1-11(8-16)15-3-5-18-6-4-15/h7,9,11H,1-6,8H2. The molecule has 2 aliphatic heterocycles. The molecule has 1 atom stereocenters. The van der Waals surface area contributed by atoms with E-state index in [1.165, 1.54) is 0 Å². The van der Waals surface area contributed by atoms with E-state index in [9.17, 15) is 4.79 Å². The number of likely N-dealkylation sites (tertiary alicyclic amines) is 1. The largest absolute Gasteiger partial charge is 0.379 e. The zero-order valence-electron chi connectivity index (χ0n) is 10.7. The fourth-order valence-electron chi connectivity index (χ4n) is 2.77. The Kier molecular flexibility index (Phi) is 4.21. The van der Waals surface area contributed by atoms with Crippen LogP contribution in [0.25, 0.3) is 0 Å². The molecule has 104 valence electrons. The minimum Gasteiger partial charge on any atom is -0.379 e. The van der Waals surface area contributed by atoms with Crippen LogP contribution in [0.1, 0.15) is 16.8 Å². The Morgan fingerprint density at radius 2 is 2.16 bits per heavy atom. The van der Waals surface area contributed by atoms with Crippen molar-refractivity contribution in [3.8, 4) is 0 Å². The molecule has 0 spiro atoms. The lowest BCUT2D eigenvalue weighted by atomic mass is 10.2. The van der Waals surface area contributed by atoms with Gasteiger partial charge in [-0.25, -0.2) is 0 Å². The second kappa shape index (κ2) is 5.91. The number of rotatable bonds is 2. The lowest BCUT2D eigenvalue weighted by Gasteiger charge is -2.32. The summed E-state index contributed by atoms with van der Waals surface area (Å²) in [5.74, 6) is 0.165. The van der Waals surface area contributed by atoms with Crippen molar-refractivity contribution >= 4 is 33.2 Å². The van der Waals surface area contributed by atoms with Crippen LogP contribution < -0.4 is 0 Å². The van der Waals surface area contributed by atoms with Gasteiger partial charge in [-0.15, -0.1) is 11.3 Å². The van der Waals surface area contributed by atoms with Gasteiger partial charge in [-0.2, -0.15) is 0 Å². The highest BCUT2D eigenvalue weighted by Gasteiger charge is 2.31. The summed E-state index contributed by atoms with van der Waals surface area (Å²) < 4.78 is 6.39. The minimum absolute atomic E-state index is 0.165. The fourth-order valence-corrected chi connectivity index (χ4v) is 3.90. The molecule has 0 saturated carbocycles. The van der Waals surface area contributed by atoms with Crippen LogP contribution in [-0.2, 0) is 4.74 Å². The highest BCUT2D eigenvalue weighted by Crippen LogP contribution is 2.24. The van der Waals surface area contributed by atoms with E-state index in [0.717, 1.165) is 55.2 Å². The van der Waals surface area contributed by atoms with Gasteiger partial charge in [-0.05, 0) is 28.4 Å². The van der Waals surface area contributed by atoms with Crippen molar-refractivity contribution < 1.29 is 9.53 Å². The first-order chi connectivity index (χ1) is 9.24. The zero-order chi connectivity index (χ0) is 13.2. The molecule has 1 amide bonds. The molecule has 1 unspecified atom stereocenters. The van der Waals surface area contributed by atoms with Crippen LogP contribution in [0.15, 0.2) is 15.2 Å². The maximum absolute atomic E-state index is 12.4. The molecular formula is C13H17BrN2O2S. The van der Waals surface area contributed by atoms with Crippen LogP contribution in [0.4, 0.5) is 0 Å². The molecule has 4 nitrogen and oxygen atoms in total. The van der Waals surface area contributed by atoms with Gasteiger partial charge in [0.15, 0.2) is 0 Å². The number of carbonyl (C=O) groups excluding carboxylic acids is 1. The predicted octanol–water partition coefficient (Wildman–Crippen LogP) is 2.06. The van der Waals surface area contributed by atoms with Crippen molar-refractivity contribution in [2.75, 3.05) is 39.4 Å². The van der Waals surface area contributed by atoms with E-state index in [4.69, 9.17) is 4.74 Å². The first-order valence-electron chi connectivity index (χ1n) is 6.59. The number of hydrogen-bond acceptors (Lipinski definition) is 4. The lowest BCUT2D eigenvalue weighted by molar-refractivity contribution is 0.0185. The summed E-state index contributed by atoms with van der Waals surface area (Å²) in [5.41, 5.74) is 0.805. The number of hydrogen-bond donors (Lipinski definition) is 0. The maximum Gasteiger partial charge on any atom is 0.254 e. The van der Waals surface area contributed by atoms with Crippen LogP contribution in [0.3, 0.4) is 0 Å². The minimum atomic E-state index is 0.165. The highest BCUT2D eigenvalue weighted by molar-refractivity contribution is 9.11. The SMILES string of the molecule is O=C(c1csc(Br)c1)N1CCC(N2CCOCC2)C1. The predicted molar refractivity (Wildman–Crippen MR) is 78.7 cm³/mol. The smallest absolute Gasteiger partial charge is 0.254 e. The third-order valence-electron chi connectivity index (χ3n) is 3.83. The van der Waals surface area contributed by atoms with E-state index in [1.54, 1.807) is 11.3 Å². The molecule has 0 bridgehead atoms. The summed E-state index contributed by atoms with van der Waals surface area (Å²) in [7, 11) is 0. The molecule has 0 N–H and O–H groups in total. The summed E-state index contributed by atoms with van der Waals surface area (Å²) in [6.45, 7) is 5.36. The van der Waals surface area contributed by atoms with E-state index in [2.05, 4.69) is 20.8 Å². The third-order valence-corrected chi connectivity index (χ3v) is 5.33. The number of amides is 1. The number of nitrogens with zero attached hydrogens (tertiary/aromatic N) is 2. The summed E-state index contributed by atoms with van der Waals surface area (Å²) in [4.78, 5) is 16.8. The van der Waals surface area contributed by atoms with Crippen LogP contribution >= 0.6 is 27.3 Å². The van der Waals surface area contributed by atoms with Gasteiger partial charge in [0.1, 0.15) is 0 Å². The number of halogens is 1. The topological polar surface area (TPSA) is 32.8 Å². The molecule has 3 rings (SSSR count). The van der Waals surface area contributed by atoms with Crippen molar-refractivity contribution in [1.82, 2.24) is 9.80 Å². The average molecular weight is 345 g/mol. The molecule has 0 radical (unpaired) electrons. The Morgan fingerprint density at radius 3 is 2.84 bits per heavy atom. The maximum atomic E-state index is 12.4. The zero-order valence-corrected chi connectivity index (χ0v) is 13.1. The highest BCUT2D eigenvalue weighted by atomic mass is 79.9. The molecule has 19 heavy (non-hydrogen) atoms. The average Bonchev–Trinajstić information content (AvgIpc) is 3.08. The van der Waals surface area contributed by atoms with E-state index in [-0.39, 0.29) is 5.91 Å². The molecule has 3 heterocycles. The number of thiophene rings is 1. The first-order valence-corrected chi connectivity index (χ1v) is 8.26. The van der Waals surface area contributed by atoms with Gasteiger partial charge in [-0.3, -0.25) is 9.69 Å². The normalized spacial score (nSPS) is 24.9. The summed E-state index contributed by atoms with van der Waals surface area (Å²) in [5, 5.41) is 1.93. The molecular weight excluding hydrogens is 328 g/mol. The number of ether oxygens (including phenoxy) is 1. The van der Waals surface area contributed by atoms with E-state index >= 15 is 0 Å². The van der Waals surface area contributed by atoms with Crippen LogP contribution in [0.5, 0.6) is 0 Å². The second-order valence-electron chi connectivity index (χ2n) is 4.98. The molecule has 6 heteroatoms. The summed E-state index contributed by atoms with van der Waals surface area (Å²) in [6.07, 6.45) is 1.08. The van der Waals surface area contributed by atoms with Gasteiger partial charge in [-0.1, -0.05) is 0 Å². The Hall–Kier alpha value is -0.430. The van der Waals surface area contributed by atoms with Gasteiger partial charge < -0.3 is 9.64 Å². The van der Waals surface area contributed by atoms with Gasteiger partial charge in [0, 0.05) is 37.6 Å². The molecule has 2 aliphatic rings. The van der Waals surface area contributed by atoms with Crippen molar-refractivity contribution in [3.05, 3.63) is 20.8 Å². The van der Waals surface area contributed by atoms with Crippen molar-refractivity contribution in [2.24, 2.45) is 0 Å². The third kappa shape index (κ3) is 3.02. The van der Waals surface area contributed by atoms with Crippen molar-refractivity contribution in [2.45, 2.75) is 12.5 Å². The molecule has 0 aromatic carbocycles. The van der Waals surface area contributed by atoms with Crippen LogP contribution in [0.2, 0.25) is 0 Å². The summed E-state index contributed by atoms with van der Waals surface area (Å²) >= 11 is 4.97. The number of carbonyl (C=O) groups is 1. The number of morpholine rings is 1. The van der Waals surface area contributed by atoms with E-state index in [0.29, 0.717) is 6.04 Å². The molecule has 1 aromatic rings. The van der Waals surface area contributed by atoms with Gasteiger partial charge in [0.25, 0.3) is 5.91 Å². The van der Waals surface area contributed by atoms with Crippen LogP contribution in [-0.4, -0.2) is 61.1 Å². The van der Waals surface area contributed by atoms with Crippen molar-refractivity contribution in [3.63, 3.8) is 0 Å². The van der Waals surface area contributed by atoms with Gasteiger partial charge in [0.05, 0.1) is 22.6 Å². The molecule has 0 aliphatic carbocycles. The molecule has 2 saturated heterocycles. The summed E-state index contributed by atoms with van der Waals surface area (Å²) in [6, 6.07) is 2.42. The van der Waals surface area contributed by atoms with Crippen LogP contribution in [0, 0.1) is 0 Å². The molecule has 1 aromatic heterocycles. The monoisotopic (exact) mass is 344 g/mol. The Bertz CT molecular complexity index is 459. The second-order valence-corrected chi connectivity index (χ2v) is 7.27. The van der Waals surface area contributed by atoms with Gasteiger partial charge in [0.2, 0.25) is 0 Å². The van der Waals surface area contributed by atoms with Gasteiger partial charge >= 0.3 is 0 Å². The lowest BCUT2D eigenvalue weighted by Crippen LogP contribution is -2.45. The Morgan fingerprint density at radius 1 is 1.37 bits per heavy atom. The van der Waals surface area contributed by atoms with Crippen molar-refractivity contribution in [1.29, 1.82) is 0 Å². The fraction of sp³-hybridized carbons (Fsp3) is 0.615. The Labute approximate surface area is 125 Å². The Balaban J connectivity index is 1.60. The molecule has 2 fully saturated rings. The quantitative estimate of drug-likeness (QED) is 0.823.